The first-order valence-corrected chi connectivity index (χ1v) is 10.3. The fourth-order valence-electron chi connectivity index (χ4n) is 3.92. The summed E-state index contributed by atoms with van der Waals surface area (Å²) in [5, 5.41) is -0.0432. The van der Waals surface area contributed by atoms with Crippen LogP contribution in [0.25, 0.3) is 16.3 Å². The number of aromatic nitrogens is 1. The molecular formula is C23H23F4NO5. The molecule has 3 aromatic rings. The van der Waals surface area contributed by atoms with Crippen LogP contribution in [0.5, 0.6) is 5.75 Å². The van der Waals surface area contributed by atoms with Gasteiger partial charge >= 0.3 is 18.1 Å². The van der Waals surface area contributed by atoms with Crippen molar-refractivity contribution in [3.63, 3.8) is 0 Å². The second-order valence-electron chi connectivity index (χ2n) is 7.27. The van der Waals surface area contributed by atoms with E-state index in [0.717, 1.165) is 11.5 Å². The van der Waals surface area contributed by atoms with Gasteiger partial charge < -0.3 is 18.6 Å². The molecule has 0 unspecified atom stereocenters. The number of hydrogen-bond donors (Lipinski definition) is 0. The van der Waals surface area contributed by atoms with Gasteiger partial charge in [0.15, 0.2) is 5.82 Å². The van der Waals surface area contributed by atoms with Gasteiger partial charge in [0.2, 0.25) is 0 Å². The predicted molar refractivity (Wildman–Crippen MR) is 112 cm³/mol. The smallest absolute Gasteiger partial charge is 0.419 e. The van der Waals surface area contributed by atoms with Crippen molar-refractivity contribution in [1.29, 1.82) is 0 Å². The van der Waals surface area contributed by atoms with Crippen molar-refractivity contribution in [2.24, 2.45) is 0 Å². The molecule has 0 bridgehead atoms. The normalized spacial score (nSPS) is 11.8. The molecule has 0 aliphatic carbocycles. The highest BCUT2D eigenvalue weighted by molar-refractivity contribution is 6.13. The van der Waals surface area contributed by atoms with Crippen molar-refractivity contribution in [3.05, 3.63) is 46.5 Å². The van der Waals surface area contributed by atoms with Crippen molar-refractivity contribution in [3.8, 4) is 5.75 Å². The lowest BCUT2D eigenvalue weighted by atomic mass is 10.0. The van der Waals surface area contributed by atoms with Gasteiger partial charge in [0.25, 0.3) is 0 Å². The molecule has 0 radical (unpaired) electrons. The number of nitrogens with zero attached hydrogens (tertiary/aromatic N) is 1. The minimum Gasteiger partial charge on any atom is -0.497 e. The van der Waals surface area contributed by atoms with Gasteiger partial charge in [-0.1, -0.05) is 13.3 Å². The number of esters is 2. The van der Waals surface area contributed by atoms with E-state index in [9.17, 15) is 22.8 Å². The molecule has 6 nitrogen and oxygen atoms in total. The van der Waals surface area contributed by atoms with Crippen molar-refractivity contribution in [2.75, 3.05) is 20.8 Å². The molecule has 0 fully saturated rings. The Morgan fingerprint density at radius 1 is 1.06 bits per heavy atom. The molecule has 10 heteroatoms. The minimum absolute atomic E-state index is 0.0115. The number of aryl methyl sites for hydroxylation is 1. The number of unbranched alkanes of at least 4 members (excludes halogenated alkanes) is 1. The molecule has 2 heterocycles. The van der Waals surface area contributed by atoms with Crippen LogP contribution in [0, 0.1) is 5.82 Å². The summed E-state index contributed by atoms with van der Waals surface area (Å²) in [6.45, 7) is 3.08. The van der Waals surface area contributed by atoms with E-state index in [-0.39, 0.29) is 40.8 Å². The highest BCUT2D eigenvalue weighted by atomic mass is 19.4. The first-order valence-electron chi connectivity index (χ1n) is 10.3. The fraction of sp³-hybridized carbons (Fsp3) is 0.391. The first kappa shape index (κ1) is 24.3. The van der Waals surface area contributed by atoms with Crippen LogP contribution in [0.3, 0.4) is 0 Å². The van der Waals surface area contributed by atoms with Crippen LogP contribution in [-0.2, 0) is 22.1 Å². The topological polar surface area (TPSA) is 66.2 Å². The number of pyridine rings is 1. The maximum absolute atomic E-state index is 15.7. The molecule has 0 N–H and O–H groups in total. The number of carbonyl (C=O) groups is 2. The summed E-state index contributed by atoms with van der Waals surface area (Å²) in [6, 6.07) is 4.15. The molecule has 1 aromatic carbocycles. The molecule has 178 valence electrons. The fourth-order valence-corrected chi connectivity index (χ4v) is 3.92. The third-order valence-corrected chi connectivity index (χ3v) is 5.32. The van der Waals surface area contributed by atoms with Gasteiger partial charge in [0.05, 0.1) is 37.6 Å². The summed E-state index contributed by atoms with van der Waals surface area (Å²) in [6.07, 6.45) is -4.06. The summed E-state index contributed by atoms with van der Waals surface area (Å²) in [5.41, 5.74) is -3.83. The van der Waals surface area contributed by atoms with E-state index in [2.05, 4.69) is 4.74 Å². The van der Waals surface area contributed by atoms with E-state index in [1.165, 1.54) is 32.2 Å². The SMILES string of the molecule is CCCCc1c(F)c2ccc(OC)cc2c2c(C(=O)OCC)c(C(F)(F)F)c(C(=O)OC)n12. The number of ether oxygens (including phenoxy) is 3. The van der Waals surface area contributed by atoms with Gasteiger partial charge in [-0.25, -0.2) is 14.0 Å². The number of hydrogen-bond acceptors (Lipinski definition) is 5. The Morgan fingerprint density at radius 3 is 2.30 bits per heavy atom. The van der Waals surface area contributed by atoms with Crippen molar-refractivity contribution >= 4 is 28.2 Å². The van der Waals surface area contributed by atoms with Crippen molar-refractivity contribution in [2.45, 2.75) is 39.3 Å². The summed E-state index contributed by atoms with van der Waals surface area (Å²) in [7, 11) is 2.26. The highest BCUT2D eigenvalue weighted by Gasteiger charge is 2.45. The first-order chi connectivity index (χ1) is 15.6. The van der Waals surface area contributed by atoms with Crippen LogP contribution >= 0.6 is 0 Å². The second-order valence-corrected chi connectivity index (χ2v) is 7.27. The average molecular weight is 469 g/mol. The van der Waals surface area contributed by atoms with Gasteiger partial charge in [-0.2, -0.15) is 13.2 Å². The van der Waals surface area contributed by atoms with Crippen LogP contribution in [0.1, 0.15) is 58.8 Å². The summed E-state index contributed by atoms with van der Waals surface area (Å²) < 4.78 is 74.2. The zero-order valence-electron chi connectivity index (χ0n) is 18.6. The Balaban J connectivity index is 2.72. The molecule has 0 amide bonds. The number of carbonyl (C=O) groups excluding carboxylic acids is 2. The predicted octanol–water partition coefficient (Wildman–Crippen LogP) is 5.56. The van der Waals surface area contributed by atoms with Gasteiger partial charge in [0, 0.05) is 10.8 Å². The average Bonchev–Trinajstić information content (AvgIpc) is 3.15. The number of methoxy groups -OCH3 is 2. The van der Waals surface area contributed by atoms with E-state index >= 15 is 4.39 Å². The summed E-state index contributed by atoms with van der Waals surface area (Å²) >= 11 is 0. The van der Waals surface area contributed by atoms with Gasteiger partial charge in [-0.15, -0.1) is 0 Å². The van der Waals surface area contributed by atoms with E-state index in [1.807, 2.05) is 6.92 Å². The number of benzene rings is 1. The zero-order chi connectivity index (χ0) is 24.5. The number of rotatable bonds is 7. The molecule has 0 spiro atoms. The van der Waals surface area contributed by atoms with Gasteiger partial charge in [-0.3, -0.25) is 0 Å². The third-order valence-electron chi connectivity index (χ3n) is 5.32. The lowest BCUT2D eigenvalue weighted by Crippen LogP contribution is -2.18. The molecule has 0 saturated carbocycles. The van der Waals surface area contributed by atoms with Crippen LogP contribution < -0.4 is 4.74 Å². The van der Waals surface area contributed by atoms with E-state index < -0.39 is 40.8 Å². The molecule has 33 heavy (non-hydrogen) atoms. The third kappa shape index (κ3) is 4.09. The number of alkyl halides is 3. The highest BCUT2D eigenvalue weighted by Crippen LogP contribution is 2.43. The largest absolute Gasteiger partial charge is 0.497 e. The maximum Gasteiger partial charge on any atom is 0.419 e. The second kappa shape index (κ2) is 9.29. The Labute approximate surface area is 187 Å². The molecular weight excluding hydrogens is 446 g/mol. The lowest BCUT2D eigenvalue weighted by molar-refractivity contribution is -0.138. The molecule has 0 saturated heterocycles. The van der Waals surface area contributed by atoms with Gasteiger partial charge in [0.1, 0.15) is 17.0 Å². The molecule has 0 aliphatic heterocycles. The monoisotopic (exact) mass is 469 g/mol. The van der Waals surface area contributed by atoms with Crippen LogP contribution in [0.15, 0.2) is 18.2 Å². The van der Waals surface area contributed by atoms with Crippen LogP contribution in [-0.4, -0.2) is 37.2 Å². The van der Waals surface area contributed by atoms with E-state index in [1.54, 1.807) is 0 Å². The van der Waals surface area contributed by atoms with E-state index in [0.29, 0.717) is 12.8 Å². The molecule has 2 aromatic heterocycles. The lowest BCUT2D eigenvalue weighted by Gasteiger charge is -2.15. The Kier molecular flexibility index (Phi) is 6.85. The quantitative estimate of drug-likeness (QED) is 0.335. The van der Waals surface area contributed by atoms with E-state index in [4.69, 9.17) is 9.47 Å². The summed E-state index contributed by atoms with van der Waals surface area (Å²) in [5.74, 6) is -3.20. The number of halogens is 4. The molecule has 0 aliphatic rings. The van der Waals surface area contributed by atoms with Crippen molar-refractivity contribution < 1.29 is 41.4 Å². The van der Waals surface area contributed by atoms with Gasteiger partial charge in [-0.05, 0) is 38.0 Å². The van der Waals surface area contributed by atoms with Crippen LogP contribution in [0.2, 0.25) is 0 Å². The maximum atomic E-state index is 15.7. The number of fused-ring (bicyclic) bond motifs is 3. The molecule has 3 rings (SSSR count). The molecule has 0 atom stereocenters. The Morgan fingerprint density at radius 2 is 1.76 bits per heavy atom. The Hall–Kier alpha value is -3.30. The standard InChI is InChI=1S/C23H23F4NO5/c1-5-7-8-15-18(24)13-10-9-12(31-3)11-14(13)19-16(21(29)33-6-2)17(23(25,26)27)20(28(15)19)22(30)32-4/h9-11H,5-8H2,1-4H3. The van der Waals surface area contributed by atoms with Crippen LogP contribution in [0.4, 0.5) is 17.6 Å². The Bertz CT molecular complexity index is 1230. The zero-order valence-corrected chi connectivity index (χ0v) is 18.6. The van der Waals surface area contributed by atoms with Crippen molar-refractivity contribution in [1.82, 2.24) is 4.40 Å². The minimum atomic E-state index is -5.14. The summed E-state index contributed by atoms with van der Waals surface area (Å²) in [4.78, 5) is 25.5.